The van der Waals surface area contributed by atoms with Gasteiger partial charge in [0, 0.05) is 12.1 Å². The van der Waals surface area contributed by atoms with Gasteiger partial charge in [0.25, 0.3) is 12.3 Å². The molecule has 1 aliphatic heterocycles. The third kappa shape index (κ3) is 3.17. The summed E-state index contributed by atoms with van der Waals surface area (Å²) in [4.78, 5) is 24.5. The van der Waals surface area contributed by atoms with Gasteiger partial charge >= 0.3 is 5.97 Å². The SMILES string of the molecule is O=C(O)C1CCCCN1C(=O)c1ccc(C(F)F)cc1F. The van der Waals surface area contributed by atoms with Crippen molar-refractivity contribution in [3.05, 3.63) is 35.1 Å². The van der Waals surface area contributed by atoms with Crippen LogP contribution in [0.1, 0.15) is 41.6 Å². The van der Waals surface area contributed by atoms with Crippen LogP contribution in [-0.2, 0) is 4.79 Å². The first-order valence-corrected chi connectivity index (χ1v) is 6.53. The number of rotatable bonds is 3. The van der Waals surface area contributed by atoms with Crippen molar-refractivity contribution in [1.82, 2.24) is 4.90 Å². The number of carboxylic acids is 1. The molecule has 1 heterocycles. The van der Waals surface area contributed by atoms with E-state index in [9.17, 15) is 22.8 Å². The Morgan fingerprint density at radius 1 is 1.29 bits per heavy atom. The summed E-state index contributed by atoms with van der Waals surface area (Å²) in [6.07, 6.45) is -1.22. The minimum atomic E-state index is -2.83. The van der Waals surface area contributed by atoms with Gasteiger partial charge in [0.05, 0.1) is 5.56 Å². The second-order valence-electron chi connectivity index (χ2n) is 4.89. The van der Waals surface area contributed by atoms with Crippen LogP contribution in [0.5, 0.6) is 0 Å². The molecule has 0 aliphatic carbocycles. The summed E-state index contributed by atoms with van der Waals surface area (Å²) in [7, 11) is 0. The average molecular weight is 301 g/mol. The highest BCUT2D eigenvalue weighted by molar-refractivity contribution is 5.97. The maximum Gasteiger partial charge on any atom is 0.326 e. The molecule has 21 heavy (non-hydrogen) atoms. The number of likely N-dealkylation sites (tertiary alicyclic amines) is 1. The number of hydrogen-bond acceptors (Lipinski definition) is 2. The first kappa shape index (κ1) is 15.3. The van der Waals surface area contributed by atoms with Gasteiger partial charge in [-0.15, -0.1) is 0 Å². The van der Waals surface area contributed by atoms with Crippen LogP contribution in [0.2, 0.25) is 0 Å². The van der Waals surface area contributed by atoms with E-state index in [0.717, 1.165) is 17.0 Å². The van der Waals surface area contributed by atoms with Crippen molar-refractivity contribution in [2.45, 2.75) is 31.7 Å². The Labute approximate surface area is 119 Å². The minimum Gasteiger partial charge on any atom is -0.480 e. The van der Waals surface area contributed by atoms with E-state index in [1.165, 1.54) is 0 Å². The molecule has 1 amide bonds. The van der Waals surface area contributed by atoms with Gasteiger partial charge in [0.2, 0.25) is 0 Å². The molecule has 0 radical (unpaired) electrons. The lowest BCUT2D eigenvalue weighted by molar-refractivity contribution is -0.143. The summed E-state index contributed by atoms with van der Waals surface area (Å²) in [6.45, 7) is 0.214. The van der Waals surface area contributed by atoms with E-state index in [4.69, 9.17) is 5.11 Å². The lowest BCUT2D eigenvalue weighted by atomic mass is 10.0. The maximum absolute atomic E-state index is 13.8. The minimum absolute atomic E-state index is 0.214. The summed E-state index contributed by atoms with van der Waals surface area (Å²) in [6, 6.07) is 1.56. The third-order valence-corrected chi connectivity index (χ3v) is 3.52. The van der Waals surface area contributed by atoms with Gasteiger partial charge in [-0.25, -0.2) is 18.0 Å². The number of halogens is 3. The largest absolute Gasteiger partial charge is 0.480 e. The molecular weight excluding hydrogens is 287 g/mol. The van der Waals surface area contributed by atoms with E-state index in [1.807, 2.05) is 0 Å². The zero-order valence-electron chi connectivity index (χ0n) is 11.1. The molecule has 1 saturated heterocycles. The molecular formula is C14H14F3NO3. The number of carbonyl (C=O) groups is 2. The van der Waals surface area contributed by atoms with Crippen LogP contribution in [0.3, 0.4) is 0 Å². The number of hydrogen-bond donors (Lipinski definition) is 1. The molecule has 1 atom stereocenters. The van der Waals surface area contributed by atoms with Crippen LogP contribution in [0, 0.1) is 5.82 Å². The molecule has 2 rings (SSSR count). The van der Waals surface area contributed by atoms with Gasteiger partial charge in [0.1, 0.15) is 11.9 Å². The van der Waals surface area contributed by atoms with Gasteiger partial charge in [0.15, 0.2) is 0 Å². The summed E-state index contributed by atoms with van der Waals surface area (Å²) in [5.41, 5.74) is -0.898. The number of aliphatic carboxylic acids is 1. The van der Waals surface area contributed by atoms with Gasteiger partial charge in [-0.05, 0) is 31.4 Å². The summed E-state index contributed by atoms with van der Waals surface area (Å²) in [5.74, 6) is -2.99. The molecule has 1 aromatic rings. The van der Waals surface area contributed by atoms with Gasteiger partial charge in [-0.2, -0.15) is 0 Å². The van der Waals surface area contributed by atoms with E-state index in [0.29, 0.717) is 25.3 Å². The van der Waals surface area contributed by atoms with Crippen LogP contribution < -0.4 is 0 Å². The summed E-state index contributed by atoms with van der Waals surface area (Å²) >= 11 is 0. The summed E-state index contributed by atoms with van der Waals surface area (Å²) < 4.78 is 38.7. The van der Waals surface area contributed by atoms with E-state index in [2.05, 4.69) is 0 Å². The highest BCUT2D eigenvalue weighted by Gasteiger charge is 2.33. The topological polar surface area (TPSA) is 57.6 Å². The Kier molecular flexibility index (Phi) is 4.50. The molecule has 7 heteroatoms. The second-order valence-corrected chi connectivity index (χ2v) is 4.89. The lowest BCUT2D eigenvalue weighted by Crippen LogP contribution is -2.48. The van der Waals surface area contributed by atoms with Crippen LogP contribution in [-0.4, -0.2) is 34.5 Å². The van der Waals surface area contributed by atoms with Crippen LogP contribution in [0.25, 0.3) is 0 Å². The smallest absolute Gasteiger partial charge is 0.326 e. The molecule has 1 aromatic carbocycles. The van der Waals surface area contributed by atoms with Crippen molar-refractivity contribution >= 4 is 11.9 Å². The van der Waals surface area contributed by atoms with Crippen molar-refractivity contribution in [3.63, 3.8) is 0 Å². The zero-order valence-corrected chi connectivity index (χ0v) is 11.1. The number of benzene rings is 1. The highest BCUT2D eigenvalue weighted by atomic mass is 19.3. The molecule has 4 nitrogen and oxygen atoms in total. The van der Waals surface area contributed by atoms with Gasteiger partial charge < -0.3 is 10.0 Å². The quantitative estimate of drug-likeness (QED) is 0.934. The van der Waals surface area contributed by atoms with Crippen LogP contribution in [0.15, 0.2) is 18.2 Å². The van der Waals surface area contributed by atoms with E-state index >= 15 is 0 Å². The van der Waals surface area contributed by atoms with Crippen LogP contribution >= 0.6 is 0 Å². The monoisotopic (exact) mass is 301 g/mol. The number of nitrogens with zero attached hydrogens (tertiary/aromatic N) is 1. The van der Waals surface area contributed by atoms with Crippen molar-refractivity contribution in [1.29, 1.82) is 0 Å². The molecule has 1 N–H and O–H groups in total. The predicted octanol–water partition coefficient (Wildman–Crippen LogP) is 2.84. The van der Waals surface area contributed by atoms with E-state index in [-0.39, 0.29) is 12.1 Å². The Morgan fingerprint density at radius 2 is 2.00 bits per heavy atom. The Balaban J connectivity index is 2.28. The fourth-order valence-electron chi connectivity index (χ4n) is 2.43. The van der Waals surface area contributed by atoms with Crippen molar-refractivity contribution in [2.75, 3.05) is 6.54 Å². The average Bonchev–Trinajstić information content (AvgIpc) is 2.46. The number of carboxylic acid groups (broad SMARTS) is 1. The van der Waals surface area contributed by atoms with Crippen LogP contribution in [0.4, 0.5) is 13.2 Å². The molecule has 1 aliphatic rings. The fourth-order valence-corrected chi connectivity index (χ4v) is 2.43. The molecule has 0 aromatic heterocycles. The third-order valence-electron chi connectivity index (χ3n) is 3.52. The molecule has 1 fully saturated rings. The number of amides is 1. The predicted molar refractivity (Wildman–Crippen MR) is 67.7 cm³/mol. The van der Waals surface area contributed by atoms with Crippen molar-refractivity contribution < 1.29 is 27.9 Å². The molecule has 114 valence electrons. The second kappa shape index (κ2) is 6.15. The standard InChI is InChI=1S/C14H14F3NO3/c15-10-7-8(12(16)17)4-5-9(10)13(19)18-6-2-1-3-11(18)14(20)21/h4-5,7,11-12H,1-3,6H2,(H,20,21). The molecule has 0 bridgehead atoms. The first-order chi connectivity index (χ1) is 9.91. The maximum atomic E-state index is 13.8. The Bertz CT molecular complexity index is 562. The van der Waals surface area contributed by atoms with Crippen molar-refractivity contribution in [2.24, 2.45) is 0 Å². The lowest BCUT2D eigenvalue weighted by Gasteiger charge is -2.33. The summed E-state index contributed by atoms with van der Waals surface area (Å²) in [5, 5.41) is 9.10. The Morgan fingerprint density at radius 3 is 2.57 bits per heavy atom. The van der Waals surface area contributed by atoms with E-state index < -0.39 is 35.7 Å². The van der Waals surface area contributed by atoms with E-state index in [1.54, 1.807) is 0 Å². The van der Waals surface area contributed by atoms with Gasteiger partial charge in [-0.3, -0.25) is 4.79 Å². The zero-order chi connectivity index (χ0) is 15.6. The number of carbonyl (C=O) groups excluding carboxylic acids is 1. The number of piperidine rings is 1. The number of alkyl halides is 2. The van der Waals surface area contributed by atoms with Crippen molar-refractivity contribution in [3.8, 4) is 0 Å². The molecule has 1 unspecified atom stereocenters. The fraction of sp³-hybridized carbons (Fsp3) is 0.429. The first-order valence-electron chi connectivity index (χ1n) is 6.53. The highest BCUT2D eigenvalue weighted by Crippen LogP contribution is 2.24. The Hall–Kier alpha value is -2.05. The van der Waals surface area contributed by atoms with Gasteiger partial charge in [-0.1, -0.05) is 6.07 Å². The molecule has 0 saturated carbocycles. The normalized spacial score (nSPS) is 18.9. The molecule has 0 spiro atoms.